The number of nitrogens with one attached hydrogen (secondary N) is 1. The van der Waals surface area contributed by atoms with E-state index in [4.69, 9.17) is 9.47 Å². The van der Waals surface area contributed by atoms with Gasteiger partial charge in [0.15, 0.2) is 11.5 Å². The van der Waals surface area contributed by atoms with Crippen LogP contribution in [0, 0.1) is 5.92 Å². The molecular weight excluding hydrogens is 328 g/mol. The zero-order chi connectivity index (χ0) is 18.7. The summed E-state index contributed by atoms with van der Waals surface area (Å²) < 4.78 is 10.6. The van der Waals surface area contributed by atoms with E-state index in [1.54, 1.807) is 32.4 Å². The van der Waals surface area contributed by atoms with Crippen molar-refractivity contribution >= 4 is 5.91 Å². The predicted octanol–water partition coefficient (Wildman–Crippen LogP) is 3.48. The Morgan fingerprint density at radius 3 is 2.38 bits per heavy atom. The summed E-state index contributed by atoms with van der Waals surface area (Å²) in [5, 5.41) is 3.26. The van der Waals surface area contributed by atoms with Gasteiger partial charge in [0.25, 0.3) is 5.91 Å². The molecule has 144 valence electrons. The van der Waals surface area contributed by atoms with Crippen LogP contribution >= 0.6 is 0 Å². The Kier molecular flexibility index (Phi) is 6.07. The summed E-state index contributed by atoms with van der Waals surface area (Å²) in [7, 11) is 3.19. The van der Waals surface area contributed by atoms with Gasteiger partial charge >= 0.3 is 0 Å². The standard InChI is InChI=1S/C21H32N2O3/c1-14(2)13-23-17-6-5-7-18(23)12-16(11-17)22-21(24)15-8-9-19(25-3)20(10-15)26-4/h8-10,14,16-18H,5-7,11-13H2,1-4H3,(H,22,24)/t17-,18-/m0/s1. The molecule has 2 fully saturated rings. The lowest BCUT2D eigenvalue weighted by Crippen LogP contribution is -2.57. The number of hydrogen-bond acceptors (Lipinski definition) is 4. The number of carbonyl (C=O) groups is 1. The number of nitrogens with zero attached hydrogens (tertiary/aromatic N) is 1. The van der Waals surface area contributed by atoms with Gasteiger partial charge in [-0.15, -0.1) is 0 Å². The van der Waals surface area contributed by atoms with Gasteiger partial charge in [-0.25, -0.2) is 0 Å². The third-order valence-electron chi connectivity index (χ3n) is 5.68. The van der Waals surface area contributed by atoms with E-state index in [2.05, 4.69) is 24.1 Å². The van der Waals surface area contributed by atoms with Crippen LogP contribution in [0.1, 0.15) is 56.3 Å². The molecule has 2 atom stereocenters. The monoisotopic (exact) mass is 360 g/mol. The van der Waals surface area contributed by atoms with Gasteiger partial charge in [-0.3, -0.25) is 9.69 Å². The third-order valence-corrected chi connectivity index (χ3v) is 5.68. The van der Waals surface area contributed by atoms with Gasteiger partial charge in [-0.2, -0.15) is 0 Å². The largest absolute Gasteiger partial charge is 0.493 e. The molecule has 5 heteroatoms. The van der Waals surface area contributed by atoms with E-state index in [-0.39, 0.29) is 11.9 Å². The molecule has 2 bridgehead atoms. The highest BCUT2D eigenvalue weighted by atomic mass is 16.5. The lowest BCUT2D eigenvalue weighted by Gasteiger charge is -2.49. The number of carbonyl (C=O) groups excluding carboxylic acids is 1. The second-order valence-corrected chi connectivity index (χ2v) is 8.04. The number of ether oxygens (including phenoxy) is 2. The molecule has 1 aromatic rings. The molecule has 0 spiro atoms. The quantitative estimate of drug-likeness (QED) is 0.844. The van der Waals surface area contributed by atoms with Crippen LogP contribution < -0.4 is 14.8 Å². The summed E-state index contributed by atoms with van der Waals surface area (Å²) in [6.45, 7) is 5.76. The molecule has 1 aromatic carbocycles. The van der Waals surface area contributed by atoms with Gasteiger partial charge in [-0.05, 0) is 49.8 Å². The zero-order valence-electron chi connectivity index (χ0n) is 16.5. The maximum atomic E-state index is 12.7. The molecule has 2 heterocycles. The highest BCUT2D eigenvalue weighted by Gasteiger charge is 2.38. The molecule has 0 radical (unpaired) electrons. The molecule has 26 heavy (non-hydrogen) atoms. The number of methoxy groups -OCH3 is 2. The number of piperidine rings is 2. The maximum absolute atomic E-state index is 12.7. The fourth-order valence-electron chi connectivity index (χ4n) is 4.56. The Bertz CT molecular complexity index is 618. The van der Waals surface area contributed by atoms with E-state index in [0.717, 1.165) is 12.8 Å². The van der Waals surface area contributed by atoms with Crippen LogP contribution in [0.2, 0.25) is 0 Å². The summed E-state index contributed by atoms with van der Waals surface area (Å²) in [5.74, 6) is 1.90. The Morgan fingerprint density at radius 1 is 1.15 bits per heavy atom. The predicted molar refractivity (Wildman–Crippen MR) is 103 cm³/mol. The minimum Gasteiger partial charge on any atom is -0.493 e. The summed E-state index contributed by atoms with van der Waals surface area (Å²) >= 11 is 0. The maximum Gasteiger partial charge on any atom is 0.251 e. The Labute approximate surface area is 157 Å². The summed E-state index contributed by atoms with van der Waals surface area (Å²) in [4.78, 5) is 15.4. The number of benzene rings is 1. The van der Waals surface area contributed by atoms with E-state index in [0.29, 0.717) is 35.1 Å². The van der Waals surface area contributed by atoms with E-state index in [9.17, 15) is 4.79 Å². The molecule has 1 amide bonds. The van der Waals surface area contributed by atoms with Crippen molar-refractivity contribution in [2.24, 2.45) is 5.92 Å². The molecule has 3 rings (SSSR count). The fourth-order valence-corrected chi connectivity index (χ4v) is 4.56. The van der Waals surface area contributed by atoms with Crippen molar-refractivity contribution in [1.29, 1.82) is 0 Å². The SMILES string of the molecule is COc1ccc(C(=O)NC2C[C@@H]3CCC[C@@H](C2)N3CC(C)C)cc1OC. The van der Waals surface area contributed by atoms with E-state index in [1.165, 1.54) is 25.8 Å². The summed E-state index contributed by atoms with van der Waals surface area (Å²) in [6.07, 6.45) is 5.95. The van der Waals surface area contributed by atoms with Crippen molar-refractivity contribution in [1.82, 2.24) is 10.2 Å². The number of rotatable bonds is 6. The van der Waals surface area contributed by atoms with Gasteiger partial charge in [-0.1, -0.05) is 20.3 Å². The Hall–Kier alpha value is -1.75. The van der Waals surface area contributed by atoms with Gasteiger partial charge in [0.2, 0.25) is 0 Å². The lowest BCUT2D eigenvalue weighted by molar-refractivity contribution is 0.0158. The topological polar surface area (TPSA) is 50.8 Å². The van der Waals surface area contributed by atoms with Crippen molar-refractivity contribution in [3.63, 3.8) is 0 Å². The van der Waals surface area contributed by atoms with Gasteiger partial charge in [0.05, 0.1) is 14.2 Å². The summed E-state index contributed by atoms with van der Waals surface area (Å²) in [6, 6.07) is 6.82. The van der Waals surface area contributed by atoms with Crippen LogP contribution in [0.15, 0.2) is 18.2 Å². The first kappa shape index (κ1) is 19.0. The minimum atomic E-state index is -0.0219. The van der Waals surface area contributed by atoms with Crippen molar-refractivity contribution in [3.8, 4) is 11.5 Å². The molecule has 0 saturated carbocycles. The second-order valence-electron chi connectivity index (χ2n) is 8.04. The van der Waals surface area contributed by atoms with Gasteiger partial charge in [0, 0.05) is 30.2 Å². The van der Waals surface area contributed by atoms with Crippen LogP contribution in [0.25, 0.3) is 0 Å². The van der Waals surface area contributed by atoms with Crippen molar-refractivity contribution in [3.05, 3.63) is 23.8 Å². The van der Waals surface area contributed by atoms with Crippen molar-refractivity contribution in [2.75, 3.05) is 20.8 Å². The molecule has 0 aromatic heterocycles. The normalized spacial score (nSPS) is 25.8. The average Bonchev–Trinajstić information content (AvgIpc) is 2.61. The molecule has 2 aliphatic heterocycles. The number of hydrogen-bond donors (Lipinski definition) is 1. The minimum absolute atomic E-state index is 0.0219. The Balaban J connectivity index is 1.65. The molecule has 2 aliphatic rings. The molecule has 2 saturated heterocycles. The van der Waals surface area contributed by atoms with Crippen LogP contribution in [-0.2, 0) is 0 Å². The molecular formula is C21H32N2O3. The van der Waals surface area contributed by atoms with Crippen molar-refractivity contribution in [2.45, 2.75) is 64.1 Å². The third kappa shape index (κ3) is 4.14. The highest BCUT2D eigenvalue weighted by Crippen LogP contribution is 2.35. The molecule has 0 aliphatic carbocycles. The molecule has 0 unspecified atom stereocenters. The average molecular weight is 360 g/mol. The first-order chi connectivity index (χ1) is 12.5. The van der Waals surface area contributed by atoms with Crippen LogP contribution in [0.3, 0.4) is 0 Å². The van der Waals surface area contributed by atoms with Gasteiger partial charge in [0.1, 0.15) is 0 Å². The van der Waals surface area contributed by atoms with E-state index >= 15 is 0 Å². The Morgan fingerprint density at radius 2 is 1.81 bits per heavy atom. The second kappa shape index (κ2) is 8.30. The number of fused-ring (bicyclic) bond motifs is 2. The van der Waals surface area contributed by atoms with Crippen LogP contribution in [0.4, 0.5) is 0 Å². The smallest absolute Gasteiger partial charge is 0.251 e. The zero-order valence-corrected chi connectivity index (χ0v) is 16.5. The van der Waals surface area contributed by atoms with Crippen LogP contribution in [0.5, 0.6) is 11.5 Å². The highest BCUT2D eigenvalue weighted by molar-refractivity contribution is 5.95. The first-order valence-electron chi connectivity index (χ1n) is 9.80. The van der Waals surface area contributed by atoms with Gasteiger partial charge < -0.3 is 14.8 Å². The van der Waals surface area contributed by atoms with Crippen LogP contribution in [-0.4, -0.2) is 49.7 Å². The fraction of sp³-hybridized carbons (Fsp3) is 0.667. The summed E-state index contributed by atoms with van der Waals surface area (Å²) in [5.41, 5.74) is 0.623. The van der Waals surface area contributed by atoms with E-state index in [1.807, 2.05) is 0 Å². The number of amides is 1. The molecule has 1 N–H and O–H groups in total. The lowest BCUT2D eigenvalue weighted by atomic mass is 9.81. The first-order valence-corrected chi connectivity index (χ1v) is 9.80. The molecule has 5 nitrogen and oxygen atoms in total. The van der Waals surface area contributed by atoms with Crippen molar-refractivity contribution < 1.29 is 14.3 Å². The van der Waals surface area contributed by atoms with E-state index < -0.39 is 0 Å².